The summed E-state index contributed by atoms with van der Waals surface area (Å²) >= 11 is 0. The number of hydrogen-bond acceptors (Lipinski definition) is 2. The summed E-state index contributed by atoms with van der Waals surface area (Å²) in [6.45, 7) is 11.2. The molecule has 0 aromatic heterocycles. The Morgan fingerprint density at radius 1 is 1.26 bits per heavy atom. The molecule has 1 aromatic rings. The van der Waals surface area contributed by atoms with Crippen molar-refractivity contribution in [2.24, 2.45) is 0 Å². The number of benzene rings is 1. The summed E-state index contributed by atoms with van der Waals surface area (Å²) in [4.78, 5) is 0. The molecule has 0 unspecified atom stereocenters. The van der Waals surface area contributed by atoms with Gasteiger partial charge in [-0.2, -0.15) is 0 Å². The van der Waals surface area contributed by atoms with Crippen molar-refractivity contribution in [2.75, 3.05) is 6.61 Å². The molecule has 0 radical (unpaired) electrons. The van der Waals surface area contributed by atoms with Crippen molar-refractivity contribution in [1.82, 2.24) is 0 Å². The van der Waals surface area contributed by atoms with E-state index in [1.165, 1.54) is 16.7 Å². The summed E-state index contributed by atoms with van der Waals surface area (Å²) in [6.07, 6.45) is 2.66. The van der Waals surface area contributed by atoms with Gasteiger partial charge >= 0.3 is 0 Å². The average Bonchev–Trinajstić information content (AvgIpc) is 2.58. The van der Waals surface area contributed by atoms with Crippen molar-refractivity contribution in [3.63, 3.8) is 0 Å². The Morgan fingerprint density at radius 3 is 2.53 bits per heavy atom. The van der Waals surface area contributed by atoms with Gasteiger partial charge < -0.3 is 9.84 Å². The van der Waals surface area contributed by atoms with E-state index in [1.54, 1.807) is 0 Å². The smallest absolute Gasteiger partial charge is 0.126 e. The monoisotopic (exact) mass is 262 g/mol. The highest BCUT2D eigenvalue weighted by atomic mass is 16.5. The van der Waals surface area contributed by atoms with Crippen LogP contribution < -0.4 is 4.74 Å². The second-order valence-corrected chi connectivity index (χ2v) is 7.20. The summed E-state index contributed by atoms with van der Waals surface area (Å²) in [5.74, 6) is 1.07. The van der Waals surface area contributed by atoms with Gasteiger partial charge in [-0.15, -0.1) is 0 Å². The van der Waals surface area contributed by atoms with E-state index >= 15 is 0 Å². The van der Waals surface area contributed by atoms with Gasteiger partial charge in [0.15, 0.2) is 0 Å². The Labute approximate surface area is 116 Å². The van der Waals surface area contributed by atoms with Crippen molar-refractivity contribution < 1.29 is 9.84 Å². The molecule has 1 N–H and O–H groups in total. The van der Waals surface area contributed by atoms with Crippen LogP contribution in [-0.2, 0) is 18.3 Å². The van der Waals surface area contributed by atoms with Crippen LogP contribution in [-0.4, -0.2) is 17.3 Å². The summed E-state index contributed by atoms with van der Waals surface area (Å²) in [7, 11) is 0. The van der Waals surface area contributed by atoms with Gasteiger partial charge in [0.1, 0.15) is 11.4 Å². The quantitative estimate of drug-likeness (QED) is 0.901. The lowest BCUT2D eigenvalue weighted by molar-refractivity contribution is 0.137. The van der Waals surface area contributed by atoms with E-state index in [0.717, 1.165) is 25.0 Å². The first-order valence-electron chi connectivity index (χ1n) is 7.20. The molecule has 19 heavy (non-hydrogen) atoms. The van der Waals surface area contributed by atoms with Crippen LogP contribution in [0.4, 0.5) is 0 Å². The predicted octanol–water partition coefficient (Wildman–Crippen LogP) is 3.62. The van der Waals surface area contributed by atoms with Gasteiger partial charge in [-0.25, -0.2) is 0 Å². The molecule has 106 valence electrons. The van der Waals surface area contributed by atoms with Gasteiger partial charge in [0.2, 0.25) is 0 Å². The number of aliphatic hydroxyl groups excluding tert-OH is 1. The molecule has 1 aromatic carbocycles. The second-order valence-electron chi connectivity index (χ2n) is 7.20. The van der Waals surface area contributed by atoms with E-state index in [4.69, 9.17) is 9.84 Å². The van der Waals surface area contributed by atoms with Crippen LogP contribution in [0.3, 0.4) is 0 Å². The van der Waals surface area contributed by atoms with Crippen molar-refractivity contribution in [1.29, 1.82) is 0 Å². The van der Waals surface area contributed by atoms with Crippen molar-refractivity contribution in [3.05, 3.63) is 28.8 Å². The third-order valence-electron chi connectivity index (χ3n) is 3.73. The third-order valence-corrected chi connectivity index (χ3v) is 3.73. The maximum absolute atomic E-state index is 9.13. The molecule has 0 saturated carbocycles. The standard InChI is InChI=1S/C17H26O2/c1-16(2,3)14-9-8-12-11-17(4,5)19-15(12)13(14)7-6-10-18/h8-9,18H,6-7,10-11H2,1-5H3. The number of fused-ring (bicyclic) bond motifs is 1. The van der Waals surface area contributed by atoms with E-state index in [2.05, 4.69) is 46.8 Å². The molecular weight excluding hydrogens is 236 g/mol. The minimum atomic E-state index is -0.104. The van der Waals surface area contributed by atoms with Gasteiger partial charge in [0.25, 0.3) is 0 Å². The first-order chi connectivity index (χ1) is 8.74. The number of ether oxygens (including phenoxy) is 1. The molecule has 0 aliphatic carbocycles. The molecule has 1 aliphatic heterocycles. The van der Waals surface area contributed by atoms with Crippen molar-refractivity contribution in [2.45, 2.75) is 64.9 Å². The number of hydrogen-bond donors (Lipinski definition) is 1. The van der Waals surface area contributed by atoms with Crippen LogP contribution in [0, 0.1) is 0 Å². The van der Waals surface area contributed by atoms with Crippen LogP contribution in [0.5, 0.6) is 5.75 Å². The molecule has 2 heteroatoms. The van der Waals surface area contributed by atoms with Crippen LogP contribution in [0.2, 0.25) is 0 Å². The highest BCUT2D eigenvalue weighted by Gasteiger charge is 2.33. The third kappa shape index (κ3) is 2.94. The first-order valence-corrected chi connectivity index (χ1v) is 7.20. The van der Waals surface area contributed by atoms with Crippen LogP contribution in [0.15, 0.2) is 12.1 Å². The molecule has 0 spiro atoms. The van der Waals surface area contributed by atoms with E-state index < -0.39 is 0 Å². The fraction of sp³-hybridized carbons (Fsp3) is 0.647. The van der Waals surface area contributed by atoms with E-state index in [-0.39, 0.29) is 17.6 Å². The Bertz CT molecular complexity index is 467. The zero-order valence-electron chi connectivity index (χ0n) is 12.8. The normalized spacial score (nSPS) is 17.2. The Morgan fingerprint density at radius 2 is 1.95 bits per heavy atom. The lowest BCUT2D eigenvalue weighted by Gasteiger charge is -2.25. The summed E-state index contributed by atoms with van der Waals surface area (Å²) in [6, 6.07) is 4.46. The largest absolute Gasteiger partial charge is 0.487 e. The Balaban J connectivity index is 2.49. The van der Waals surface area contributed by atoms with Crippen LogP contribution in [0.25, 0.3) is 0 Å². The van der Waals surface area contributed by atoms with Gasteiger partial charge in [-0.05, 0) is 48.8 Å². The van der Waals surface area contributed by atoms with E-state index in [1.807, 2.05) is 0 Å². The predicted molar refractivity (Wildman–Crippen MR) is 79.0 cm³/mol. The maximum atomic E-state index is 9.13. The van der Waals surface area contributed by atoms with Gasteiger partial charge in [0.05, 0.1) is 0 Å². The van der Waals surface area contributed by atoms with E-state index in [0.29, 0.717) is 0 Å². The fourth-order valence-electron chi connectivity index (χ4n) is 2.92. The lowest BCUT2D eigenvalue weighted by atomic mass is 9.81. The molecular formula is C17H26O2. The first kappa shape index (κ1) is 14.4. The summed E-state index contributed by atoms with van der Waals surface area (Å²) < 4.78 is 6.18. The average molecular weight is 262 g/mol. The minimum Gasteiger partial charge on any atom is -0.487 e. The number of aliphatic hydroxyl groups is 1. The van der Waals surface area contributed by atoms with Gasteiger partial charge in [0, 0.05) is 13.0 Å². The molecule has 0 atom stereocenters. The molecule has 1 aliphatic rings. The fourth-order valence-corrected chi connectivity index (χ4v) is 2.92. The molecule has 0 amide bonds. The highest BCUT2D eigenvalue weighted by Crippen LogP contribution is 2.42. The summed E-state index contributed by atoms with van der Waals surface area (Å²) in [5.41, 5.74) is 3.95. The number of rotatable bonds is 3. The van der Waals surface area contributed by atoms with Crippen LogP contribution >= 0.6 is 0 Å². The zero-order chi connectivity index (χ0) is 14.3. The van der Waals surface area contributed by atoms with Gasteiger partial charge in [-0.3, -0.25) is 0 Å². The Kier molecular flexibility index (Phi) is 3.65. The lowest BCUT2D eigenvalue weighted by Crippen LogP contribution is -2.25. The topological polar surface area (TPSA) is 29.5 Å². The highest BCUT2D eigenvalue weighted by molar-refractivity contribution is 5.52. The molecule has 0 bridgehead atoms. The van der Waals surface area contributed by atoms with Gasteiger partial charge in [-0.1, -0.05) is 32.9 Å². The maximum Gasteiger partial charge on any atom is 0.126 e. The van der Waals surface area contributed by atoms with Crippen molar-refractivity contribution in [3.8, 4) is 5.75 Å². The molecule has 2 rings (SSSR count). The van der Waals surface area contributed by atoms with Crippen molar-refractivity contribution >= 4 is 0 Å². The van der Waals surface area contributed by atoms with Crippen LogP contribution in [0.1, 0.15) is 57.7 Å². The minimum absolute atomic E-state index is 0.104. The molecule has 0 fully saturated rings. The second kappa shape index (κ2) is 4.82. The zero-order valence-corrected chi connectivity index (χ0v) is 12.8. The molecule has 0 saturated heterocycles. The Hall–Kier alpha value is -1.02. The molecule has 1 heterocycles. The SMILES string of the molecule is CC1(C)Cc2ccc(C(C)(C)C)c(CCCO)c2O1. The molecule has 2 nitrogen and oxygen atoms in total. The summed E-state index contributed by atoms with van der Waals surface area (Å²) in [5, 5.41) is 9.13. The van der Waals surface area contributed by atoms with E-state index in [9.17, 15) is 0 Å².